The van der Waals surface area contributed by atoms with Crippen LogP contribution in [0.3, 0.4) is 0 Å². The lowest BCUT2D eigenvalue weighted by Crippen LogP contribution is -2.55. The van der Waals surface area contributed by atoms with Gasteiger partial charge < -0.3 is 0 Å². The number of aromatic nitrogens is 3. The Bertz CT molecular complexity index is 1020. The van der Waals surface area contributed by atoms with Crippen LogP contribution in [-0.2, 0) is 49.1 Å². The van der Waals surface area contributed by atoms with Crippen LogP contribution < -0.4 is 17.1 Å². The molecule has 156 valence electrons. The quantitative estimate of drug-likeness (QED) is 0.370. The highest BCUT2D eigenvalue weighted by Gasteiger charge is 2.18. The van der Waals surface area contributed by atoms with Gasteiger partial charge in [0.2, 0.25) is 0 Å². The van der Waals surface area contributed by atoms with Gasteiger partial charge in [0.15, 0.2) is 0 Å². The topological polar surface area (TPSA) is 168 Å². The molecule has 0 amide bonds. The van der Waals surface area contributed by atoms with Gasteiger partial charge in [-0.25, -0.2) is 53.3 Å². The van der Waals surface area contributed by atoms with Crippen LogP contribution in [0.2, 0.25) is 0 Å². The van der Waals surface area contributed by atoms with Crippen molar-refractivity contribution in [2.75, 3.05) is 36.0 Å². The molecule has 0 unspecified atom stereocenters. The van der Waals surface area contributed by atoms with Crippen molar-refractivity contribution in [1.82, 2.24) is 13.7 Å². The molecule has 0 aliphatic rings. The maximum absolute atomic E-state index is 12.4. The summed E-state index contributed by atoms with van der Waals surface area (Å²) in [6, 6.07) is 0. The second-order valence-electron chi connectivity index (χ2n) is 6.19. The number of hydrogen-bond donors (Lipinski definition) is 0. The fourth-order valence-electron chi connectivity index (χ4n) is 2.03. The Morgan fingerprint density at radius 1 is 0.519 bits per heavy atom. The number of rotatable bonds is 9. The van der Waals surface area contributed by atoms with Crippen molar-refractivity contribution in [3.05, 3.63) is 31.5 Å². The summed E-state index contributed by atoms with van der Waals surface area (Å²) in [6.07, 6.45) is 2.67. The summed E-state index contributed by atoms with van der Waals surface area (Å²) in [4.78, 5) is 37.2. The third-order valence-electron chi connectivity index (χ3n) is 3.44. The maximum Gasteiger partial charge on any atom is 0.336 e. The maximum atomic E-state index is 12.4. The first-order chi connectivity index (χ1) is 12.0. The van der Waals surface area contributed by atoms with Gasteiger partial charge in [-0.05, 0) is 0 Å². The molecule has 0 saturated carbocycles. The minimum atomic E-state index is -3.55. The molecular weight excluding hydrogens is 426 g/mol. The molecule has 0 bridgehead atoms. The zero-order chi connectivity index (χ0) is 21.2. The van der Waals surface area contributed by atoms with Crippen LogP contribution >= 0.6 is 0 Å². The first-order valence-electron chi connectivity index (χ1n) is 7.49. The van der Waals surface area contributed by atoms with E-state index in [2.05, 4.69) is 0 Å². The molecule has 0 saturated heterocycles. The molecule has 0 aliphatic heterocycles. The van der Waals surface area contributed by atoms with E-state index < -0.39 is 83.5 Å². The first kappa shape index (κ1) is 23.3. The van der Waals surface area contributed by atoms with Crippen molar-refractivity contribution in [2.24, 2.45) is 0 Å². The van der Waals surface area contributed by atoms with Gasteiger partial charge >= 0.3 is 17.1 Å². The average Bonchev–Trinajstić information content (AvgIpc) is 2.43. The summed E-state index contributed by atoms with van der Waals surface area (Å²) >= 11 is 0. The van der Waals surface area contributed by atoms with E-state index in [-0.39, 0.29) is 0 Å². The minimum Gasteiger partial charge on any atom is -0.247 e. The van der Waals surface area contributed by atoms with Crippen LogP contribution in [0.25, 0.3) is 0 Å². The molecule has 12 nitrogen and oxygen atoms in total. The second-order valence-corrected chi connectivity index (χ2v) is 13.0. The van der Waals surface area contributed by atoms with Crippen molar-refractivity contribution in [3.8, 4) is 0 Å². The van der Waals surface area contributed by atoms with Gasteiger partial charge in [0.05, 0.1) is 17.3 Å². The highest BCUT2D eigenvalue weighted by atomic mass is 32.2. The van der Waals surface area contributed by atoms with Crippen LogP contribution in [0.4, 0.5) is 0 Å². The normalized spacial score (nSPS) is 13.0. The largest absolute Gasteiger partial charge is 0.336 e. The number of hydrogen-bond acceptors (Lipinski definition) is 9. The summed E-state index contributed by atoms with van der Waals surface area (Å²) in [6.45, 7) is -1.68. The van der Waals surface area contributed by atoms with Crippen LogP contribution in [0.1, 0.15) is 0 Å². The molecule has 1 aromatic heterocycles. The van der Waals surface area contributed by atoms with E-state index in [1.807, 2.05) is 0 Å². The number of sulfone groups is 3. The van der Waals surface area contributed by atoms with E-state index in [4.69, 9.17) is 0 Å². The standard InChI is InChI=1S/C12H21N3O9S3/c1-25(19,20)7-4-13-10(16)14(5-8-26(2,21)22)12(18)15(11(13)17)6-9-27(3,23)24/h4-9H2,1-3H3. The van der Waals surface area contributed by atoms with E-state index in [1.165, 1.54) is 0 Å². The Morgan fingerprint density at radius 2 is 0.704 bits per heavy atom. The Hall–Kier alpha value is -1.74. The molecule has 0 aliphatic carbocycles. The summed E-state index contributed by atoms with van der Waals surface area (Å²) < 4.78 is 69.4. The summed E-state index contributed by atoms with van der Waals surface area (Å²) in [5.41, 5.74) is -3.48. The molecule has 1 rings (SSSR count). The fourth-order valence-corrected chi connectivity index (χ4v) is 3.57. The van der Waals surface area contributed by atoms with Crippen molar-refractivity contribution in [3.63, 3.8) is 0 Å². The molecule has 0 N–H and O–H groups in total. The summed E-state index contributed by atoms with van der Waals surface area (Å²) in [5.74, 6) is -1.71. The molecule has 0 spiro atoms. The third kappa shape index (κ3) is 7.42. The van der Waals surface area contributed by atoms with Gasteiger partial charge in [-0.3, -0.25) is 0 Å². The van der Waals surface area contributed by atoms with E-state index in [0.29, 0.717) is 13.7 Å². The van der Waals surface area contributed by atoms with Gasteiger partial charge in [0.1, 0.15) is 29.5 Å². The first-order valence-corrected chi connectivity index (χ1v) is 13.7. The lowest BCUT2D eigenvalue weighted by atomic mass is 10.6. The smallest absolute Gasteiger partial charge is 0.247 e. The van der Waals surface area contributed by atoms with E-state index >= 15 is 0 Å². The number of nitrogens with zero attached hydrogens (tertiary/aromatic N) is 3. The molecule has 0 atom stereocenters. The SMILES string of the molecule is CS(=O)(=O)CCn1c(=O)n(CCS(C)(=O)=O)c(=O)n(CCS(C)(=O)=O)c1=O. The minimum absolute atomic E-state index is 0.479. The Labute approximate surface area is 155 Å². The van der Waals surface area contributed by atoms with Crippen molar-refractivity contribution in [2.45, 2.75) is 19.6 Å². The van der Waals surface area contributed by atoms with Crippen LogP contribution in [0.15, 0.2) is 14.4 Å². The Kier molecular flexibility index (Phi) is 6.99. The monoisotopic (exact) mass is 447 g/mol. The van der Waals surface area contributed by atoms with Gasteiger partial charge in [0, 0.05) is 38.4 Å². The lowest BCUT2D eigenvalue weighted by Gasteiger charge is -2.13. The van der Waals surface area contributed by atoms with Gasteiger partial charge in [-0.2, -0.15) is 0 Å². The van der Waals surface area contributed by atoms with Crippen LogP contribution in [0.5, 0.6) is 0 Å². The average molecular weight is 448 g/mol. The Balaban J connectivity index is 3.59. The molecule has 0 aromatic carbocycles. The predicted octanol–water partition coefficient (Wildman–Crippen LogP) is -3.69. The van der Waals surface area contributed by atoms with Crippen molar-refractivity contribution < 1.29 is 25.3 Å². The van der Waals surface area contributed by atoms with Gasteiger partial charge in [-0.15, -0.1) is 0 Å². The third-order valence-corrected chi connectivity index (χ3v) is 6.21. The van der Waals surface area contributed by atoms with E-state index in [0.717, 1.165) is 18.8 Å². The molecule has 1 aromatic rings. The van der Waals surface area contributed by atoms with E-state index in [9.17, 15) is 39.6 Å². The summed E-state index contributed by atoms with van der Waals surface area (Å²) in [7, 11) is -10.6. The van der Waals surface area contributed by atoms with Gasteiger partial charge in [0.25, 0.3) is 0 Å². The van der Waals surface area contributed by atoms with Crippen LogP contribution in [-0.4, -0.2) is 75.0 Å². The molecule has 27 heavy (non-hydrogen) atoms. The van der Waals surface area contributed by atoms with Crippen molar-refractivity contribution >= 4 is 29.5 Å². The zero-order valence-corrected chi connectivity index (χ0v) is 17.4. The molecule has 1 heterocycles. The van der Waals surface area contributed by atoms with E-state index in [1.54, 1.807) is 0 Å². The predicted molar refractivity (Wildman–Crippen MR) is 98.4 cm³/mol. The van der Waals surface area contributed by atoms with Crippen molar-refractivity contribution in [1.29, 1.82) is 0 Å². The lowest BCUT2D eigenvalue weighted by molar-refractivity contribution is 0.469. The molecule has 0 fully saturated rings. The molecular formula is C12H21N3O9S3. The second kappa shape index (κ2) is 8.10. The zero-order valence-electron chi connectivity index (χ0n) is 15.0. The molecule has 15 heteroatoms. The highest BCUT2D eigenvalue weighted by molar-refractivity contribution is 7.91. The fraction of sp³-hybridized carbons (Fsp3) is 0.750. The summed E-state index contributed by atoms with van der Waals surface area (Å²) in [5, 5.41) is 0. The Morgan fingerprint density at radius 3 is 0.852 bits per heavy atom. The van der Waals surface area contributed by atoms with Crippen LogP contribution in [0, 0.1) is 0 Å². The molecule has 0 radical (unpaired) electrons. The van der Waals surface area contributed by atoms with Gasteiger partial charge in [-0.1, -0.05) is 0 Å². The highest BCUT2D eigenvalue weighted by Crippen LogP contribution is 1.89.